The minimum Gasteiger partial charge on any atom is -0.459 e. The zero-order valence-electron chi connectivity index (χ0n) is 7.78. The highest BCUT2D eigenvalue weighted by Gasteiger charge is 2.08. The molecule has 0 saturated heterocycles. The zero-order valence-corrected chi connectivity index (χ0v) is 7.78. The Hall–Kier alpha value is -0.0400. The van der Waals surface area contributed by atoms with Crippen LogP contribution in [0.1, 0.15) is 34.1 Å². The lowest BCUT2D eigenvalue weighted by atomic mass is 9.92. The van der Waals surface area contributed by atoms with E-state index in [-0.39, 0.29) is 0 Å². The van der Waals surface area contributed by atoms with Gasteiger partial charge < -0.3 is 4.90 Å². The van der Waals surface area contributed by atoms with Gasteiger partial charge in [0.25, 0.3) is 0 Å². The minimum absolute atomic E-state index is 0.450. The summed E-state index contributed by atoms with van der Waals surface area (Å²) in [7, 11) is 3.89. The van der Waals surface area contributed by atoms with Crippen LogP contribution in [-0.2, 0) is 0 Å². The van der Waals surface area contributed by atoms with Crippen molar-refractivity contribution in [3.05, 3.63) is 7.05 Å². The second-order valence-electron chi connectivity index (χ2n) is 4.02. The average Bonchev–Trinajstić information content (AvgIpc) is 1.81. The molecule has 62 valence electrons. The molecule has 0 atom stereocenters. The van der Waals surface area contributed by atoms with E-state index in [1.165, 1.54) is 6.42 Å². The average molecular weight is 142 g/mol. The Balaban J connectivity index is 3.36. The summed E-state index contributed by atoms with van der Waals surface area (Å²) in [6.07, 6.45) is 1.23. The van der Waals surface area contributed by atoms with Gasteiger partial charge in [-0.3, -0.25) is 7.05 Å². The maximum absolute atomic E-state index is 3.89. The van der Waals surface area contributed by atoms with Crippen molar-refractivity contribution in [2.75, 3.05) is 13.1 Å². The second-order valence-corrected chi connectivity index (χ2v) is 4.02. The lowest BCUT2D eigenvalue weighted by Gasteiger charge is -2.27. The molecule has 0 amide bonds. The lowest BCUT2D eigenvalue weighted by Crippen LogP contribution is -2.21. The van der Waals surface area contributed by atoms with Crippen molar-refractivity contribution in [2.24, 2.45) is 5.41 Å². The van der Waals surface area contributed by atoms with Gasteiger partial charge in [0.05, 0.1) is 0 Å². The molecule has 0 N–H and O–H groups in total. The minimum atomic E-state index is 0.450. The van der Waals surface area contributed by atoms with Crippen LogP contribution in [0.2, 0.25) is 0 Å². The van der Waals surface area contributed by atoms with E-state index in [9.17, 15) is 0 Å². The monoisotopic (exact) mass is 142 g/mol. The first kappa shape index (κ1) is 9.96. The molecule has 0 bridgehead atoms. The Kier molecular flexibility index (Phi) is 3.95. The summed E-state index contributed by atoms with van der Waals surface area (Å²) in [6, 6.07) is 0. The molecule has 1 nitrogen and oxygen atoms in total. The molecule has 0 heterocycles. The van der Waals surface area contributed by atoms with Gasteiger partial charge in [0.15, 0.2) is 0 Å². The van der Waals surface area contributed by atoms with E-state index in [0.29, 0.717) is 5.41 Å². The third-order valence-corrected chi connectivity index (χ3v) is 1.63. The van der Waals surface area contributed by atoms with Crippen LogP contribution in [0.5, 0.6) is 0 Å². The van der Waals surface area contributed by atoms with Gasteiger partial charge in [-0.2, -0.15) is 0 Å². The normalized spacial score (nSPS) is 12.6. The maximum Gasteiger partial charge on any atom is -0.0299 e. The Morgan fingerprint density at radius 1 is 1.30 bits per heavy atom. The molecule has 0 saturated carbocycles. The fourth-order valence-electron chi connectivity index (χ4n) is 0.652. The summed E-state index contributed by atoms with van der Waals surface area (Å²) < 4.78 is 0. The molecule has 0 aromatic rings. The molecule has 0 rings (SSSR count). The number of hydrogen-bond donors (Lipinski definition) is 0. The molecule has 0 aromatic carbocycles. The third kappa shape index (κ3) is 6.09. The Labute approximate surface area is 65.4 Å². The number of hydrogen-bond acceptors (Lipinski definition) is 1. The largest absolute Gasteiger partial charge is 0.459 e. The molecule has 0 radical (unpaired) electrons. The first-order chi connectivity index (χ1) is 4.45. The van der Waals surface area contributed by atoms with Crippen molar-refractivity contribution in [3.8, 4) is 0 Å². The summed E-state index contributed by atoms with van der Waals surface area (Å²) in [5, 5.41) is 0. The van der Waals surface area contributed by atoms with Gasteiger partial charge in [0, 0.05) is 0 Å². The quantitative estimate of drug-likeness (QED) is 0.547. The van der Waals surface area contributed by atoms with Crippen LogP contribution in [0.15, 0.2) is 0 Å². The summed E-state index contributed by atoms with van der Waals surface area (Å²) in [5.41, 5.74) is 0.450. The molecule has 0 spiro atoms. The second kappa shape index (κ2) is 3.97. The molecule has 0 aliphatic rings. The predicted octanol–water partition coefficient (Wildman–Crippen LogP) is 2.54. The molecule has 10 heavy (non-hydrogen) atoms. The molecular weight excluding hydrogens is 122 g/mol. The van der Waals surface area contributed by atoms with Gasteiger partial charge in [0.2, 0.25) is 0 Å². The summed E-state index contributed by atoms with van der Waals surface area (Å²) in [6.45, 7) is 11.1. The zero-order chi connectivity index (χ0) is 8.20. The van der Waals surface area contributed by atoms with Crippen LogP contribution in [0.4, 0.5) is 0 Å². The molecule has 0 aliphatic carbocycles. The van der Waals surface area contributed by atoms with E-state index in [1.807, 2.05) is 0 Å². The smallest absolute Gasteiger partial charge is 0.0299 e. The van der Waals surface area contributed by atoms with Gasteiger partial charge in [-0.1, -0.05) is 27.7 Å². The molecule has 0 fully saturated rings. The SMILES string of the molecule is [CH2-]N(CC)CCC(C)(C)C. The Bertz CT molecular complexity index is 81.2. The van der Waals surface area contributed by atoms with Crippen molar-refractivity contribution in [2.45, 2.75) is 34.1 Å². The molecule has 0 unspecified atom stereocenters. The number of nitrogens with zero attached hydrogens (tertiary/aromatic N) is 1. The summed E-state index contributed by atoms with van der Waals surface area (Å²) >= 11 is 0. The van der Waals surface area contributed by atoms with Crippen LogP contribution >= 0.6 is 0 Å². The van der Waals surface area contributed by atoms with Gasteiger partial charge in [-0.05, 0) is 24.9 Å². The summed E-state index contributed by atoms with van der Waals surface area (Å²) in [4.78, 5) is 2.10. The van der Waals surface area contributed by atoms with Gasteiger partial charge in [-0.15, -0.1) is 0 Å². The highest BCUT2D eigenvalue weighted by atomic mass is 15.1. The van der Waals surface area contributed by atoms with Crippen LogP contribution in [0.3, 0.4) is 0 Å². The van der Waals surface area contributed by atoms with Gasteiger partial charge in [-0.25, -0.2) is 0 Å². The van der Waals surface area contributed by atoms with Crippen molar-refractivity contribution in [3.63, 3.8) is 0 Å². The van der Waals surface area contributed by atoms with Gasteiger partial charge >= 0.3 is 0 Å². The highest BCUT2D eigenvalue weighted by molar-refractivity contribution is 4.64. The van der Waals surface area contributed by atoms with E-state index in [1.54, 1.807) is 0 Å². The number of rotatable bonds is 3. The maximum atomic E-state index is 3.89. The molecule has 1 heteroatoms. The van der Waals surface area contributed by atoms with E-state index in [4.69, 9.17) is 0 Å². The van der Waals surface area contributed by atoms with Crippen molar-refractivity contribution >= 4 is 0 Å². The van der Waals surface area contributed by atoms with E-state index < -0.39 is 0 Å². The van der Waals surface area contributed by atoms with Gasteiger partial charge in [0.1, 0.15) is 0 Å². The molecule has 0 aromatic heterocycles. The lowest BCUT2D eigenvalue weighted by molar-refractivity contribution is 0.291. The predicted molar refractivity (Wildman–Crippen MR) is 46.7 cm³/mol. The van der Waals surface area contributed by atoms with Crippen LogP contribution < -0.4 is 0 Å². The molecular formula is C9H20N-. The summed E-state index contributed by atoms with van der Waals surface area (Å²) in [5.74, 6) is 0. The fraction of sp³-hybridized carbons (Fsp3) is 0.889. The van der Waals surface area contributed by atoms with E-state index >= 15 is 0 Å². The first-order valence-electron chi connectivity index (χ1n) is 4.01. The van der Waals surface area contributed by atoms with Crippen LogP contribution in [0.25, 0.3) is 0 Å². The standard InChI is InChI=1S/C9H20N/c1-6-10(5)8-7-9(2,3)4/h5-8H2,1-4H3/q-1. The van der Waals surface area contributed by atoms with E-state index in [0.717, 1.165) is 13.1 Å². The fourth-order valence-corrected chi connectivity index (χ4v) is 0.652. The highest BCUT2D eigenvalue weighted by Crippen LogP contribution is 2.18. The molecule has 0 aliphatic heterocycles. The van der Waals surface area contributed by atoms with E-state index in [2.05, 4.69) is 39.6 Å². The first-order valence-corrected chi connectivity index (χ1v) is 4.01. The van der Waals surface area contributed by atoms with Crippen LogP contribution in [0, 0.1) is 12.5 Å². The Morgan fingerprint density at radius 2 is 1.80 bits per heavy atom. The van der Waals surface area contributed by atoms with Crippen molar-refractivity contribution in [1.82, 2.24) is 4.90 Å². The third-order valence-electron chi connectivity index (χ3n) is 1.63. The van der Waals surface area contributed by atoms with Crippen molar-refractivity contribution < 1.29 is 0 Å². The van der Waals surface area contributed by atoms with Crippen LogP contribution in [-0.4, -0.2) is 18.0 Å². The topological polar surface area (TPSA) is 3.24 Å². The van der Waals surface area contributed by atoms with Crippen molar-refractivity contribution in [1.29, 1.82) is 0 Å². The Morgan fingerprint density at radius 3 is 2.10 bits per heavy atom.